The molecule has 18 heavy (non-hydrogen) atoms. The van der Waals surface area contributed by atoms with E-state index in [1.807, 2.05) is 6.07 Å². The normalized spacial score (nSPS) is 12.0. The first-order valence-electron chi connectivity index (χ1n) is 5.94. The minimum atomic E-state index is -0.790. The Morgan fingerprint density at radius 1 is 1.33 bits per heavy atom. The van der Waals surface area contributed by atoms with Gasteiger partial charge in [0.05, 0.1) is 32.3 Å². The quantitative estimate of drug-likeness (QED) is 0.842. The molecule has 0 amide bonds. The molecule has 4 nitrogen and oxygen atoms in total. The molecule has 1 aromatic carbocycles. The second-order valence-corrected chi connectivity index (χ2v) is 4.49. The molecule has 1 atom stereocenters. The maximum absolute atomic E-state index is 9.77. The van der Waals surface area contributed by atoms with Crippen molar-refractivity contribution in [3.8, 4) is 17.6 Å². The Labute approximate surface area is 108 Å². The summed E-state index contributed by atoms with van der Waals surface area (Å²) in [6, 6.07) is 7.15. The monoisotopic (exact) mass is 249 g/mol. The summed E-state index contributed by atoms with van der Waals surface area (Å²) in [6.07, 6.45) is -0.724. The smallest absolute Gasteiger partial charge is 0.161 e. The Morgan fingerprint density at radius 2 is 2.06 bits per heavy atom. The van der Waals surface area contributed by atoms with Gasteiger partial charge in [-0.2, -0.15) is 5.26 Å². The number of nitriles is 1. The molecule has 0 heterocycles. The van der Waals surface area contributed by atoms with Crippen LogP contribution in [0.2, 0.25) is 0 Å². The average Bonchev–Trinajstić information content (AvgIpc) is 2.36. The largest absolute Gasteiger partial charge is 0.493 e. The lowest BCUT2D eigenvalue weighted by Gasteiger charge is -2.15. The van der Waals surface area contributed by atoms with Crippen LogP contribution in [-0.2, 0) is 0 Å². The third-order valence-electron chi connectivity index (χ3n) is 2.43. The fourth-order valence-corrected chi connectivity index (χ4v) is 1.47. The molecule has 0 aliphatic heterocycles. The third-order valence-corrected chi connectivity index (χ3v) is 2.43. The lowest BCUT2D eigenvalue weighted by Crippen LogP contribution is -2.06. The molecule has 1 aromatic rings. The highest BCUT2D eigenvalue weighted by atomic mass is 16.5. The Hall–Kier alpha value is -1.73. The zero-order chi connectivity index (χ0) is 13.5. The third kappa shape index (κ3) is 3.94. The van der Waals surface area contributed by atoms with Gasteiger partial charge in [-0.05, 0) is 23.6 Å². The van der Waals surface area contributed by atoms with E-state index in [2.05, 4.69) is 13.8 Å². The first kappa shape index (κ1) is 14.3. The number of hydrogen-bond donors (Lipinski definition) is 1. The number of methoxy groups -OCH3 is 1. The molecular weight excluding hydrogens is 230 g/mol. The standard InChI is InChI=1S/C14H19NO3/c1-10(2)9-18-14-8-11(12(16)6-7-15)4-5-13(14)17-3/h4-5,8,10,12,16H,6,9H2,1-3H3. The lowest BCUT2D eigenvalue weighted by molar-refractivity contribution is 0.182. The van der Waals surface area contributed by atoms with Crippen molar-refractivity contribution in [3.63, 3.8) is 0 Å². The molecule has 0 aliphatic rings. The van der Waals surface area contributed by atoms with Gasteiger partial charge in [0.15, 0.2) is 11.5 Å². The number of benzene rings is 1. The second kappa shape index (κ2) is 6.87. The molecular formula is C14H19NO3. The van der Waals surface area contributed by atoms with Gasteiger partial charge in [-0.3, -0.25) is 0 Å². The molecule has 0 radical (unpaired) electrons. The summed E-state index contributed by atoms with van der Waals surface area (Å²) in [7, 11) is 1.57. The number of nitrogens with zero attached hydrogens (tertiary/aromatic N) is 1. The molecule has 0 aromatic heterocycles. The SMILES string of the molecule is COc1ccc(C(O)CC#N)cc1OCC(C)C. The van der Waals surface area contributed by atoms with Crippen molar-refractivity contribution in [1.82, 2.24) is 0 Å². The average molecular weight is 249 g/mol. The van der Waals surface area contributed by atoms with Gasteiger partial charge in [0.25, 0.3) is 0 Å². The summed E-state index contributed by atoms with van der Waals surface area (Å²) < 4.78 is 10.8. The highest BCUT2D eigenvalue weighted by Crippen LogP contribution is 2.31. The molecule has 98 valence electrons. The second-order valence-electron chi connectivity index (χ2n) is 4.49. The highest BCUT2D eigenvalue weighted by molar-refractivity contribution is 5.43. The van der Waals surface area contributed by atoms with Crippen molar-refractivity contribution in [2.75, 3.05) is 13.7 Å². The number of aliphatic hydroxyl groups excluding tert-OH is 1. The van der Waals surface area contributed by atoms with Crippen molar-refractivity contribution in [1.29, 1.82) is 5.26 Å². The molecule has 1 rings (SSSR count). The molecule has 0 fully saturated rings. The van der Waals surface area contributed by atoms with Crippen LogP contribution in [-0.4, -0.2) is 18.8 Å². The first-order chi connectivity index (χ1) is 8.58. The van der Waals surface area contributed by atoms with E-state index in [4.69, 9.17) is 14.7 Å². The summed E-state index contributed by atoms with van der Waals surface area (Å²) in [6.45, 7) is 4.69. The van der Waals surface area contributed by atoms with Crippen LogP contribution in [0.15, 0.2) is 18.2 Å². The van der Waals surface area contributed by atoms with Crippen molar-refractivity contribution in [2.24, 2.45) is 5.92 Å². The predicted octanol–water partition coefficient (Wildman–Crippen LogP) is 2.68. The van der Waals surface area contributed by atoms with Crippen LogP contribution in [0.4, 0.5) is 0 Å². The van der Waals surface area contributed by atoms with Crippen molar-refractivity contribution >= 4 is 0 Å². The van der Waals surface area contributed by atoms with Crippen LogP contribution in [0.5, 0.6) is 11.5 Å². The summed E-state index contributed by atoms with van der Waals surface area (Å²) in [4.78, 5) is 0. The van der Waals surface area contributed by atoms with E-state index in [0.29, 0.717) is 29.6 Å². The lowest BCUT2D eigenvalue weighted by atomic mass is 10.1. The summed E-state index contributed by atoms with van der Waals surface area (Å²) in [5.41, 5.74) is 0.663. The maximum Gasteiger partial charge on any atom is 0.161 e. The number of hydrogen-bond acceptors (Lipinski definition) is 4. The fraction of sp³-hybridized carbons (Fsp3) is 0.500. The van der Waals surface area contributed by atoms with Crippen molar-refractivity contribution in [2.45, 2.75) is 26.4 Å². The Bertz CT molecular complexity index is 424. The van der Waals surface area contributed by atoms with Crippen LogP contribution in [0, 0.1) is 17.2 Å². The fourth-order valence-electron chi connectivity index (χ4n) is 1.47. The number of ether oxygens (including phenoxy) is 2. The van der Waals surface area contributed by atoms with Gasteiger partial charge in [-0.15, -0.1) is 0 Å². The summed E-state index contributed by atoms with van der Waals surface area (Å²) in [5.74, 6) is 1.63. The zero-order valence-electron chi connectivity index (χ0n) is 11.0. The van der Waals surface area contributed by atoms with E-state index >= 15 is 0 Å². The van der Waals surface area contributed by atoms with E-state index in [1.165, 1.54) is 0 Å². The molecule has 0 saturated heterocycles. The van der Waals surface area contributed by atoms with Crippen LogP contribution in [0.1, 0.15) is 31.9 Å². The minimum absolute atomic E-state index is 0.0654. The van der Waals surface area contributed by atoms with Gasteiger partial charge in [0.2, 0.25) is 0 Å². The van der Waals surface area contributed by atoms with Crippen LogP contribution >= 0.6 is 0 Å². The molecule has 1 N–H and O–H groups in total. The van der Waals surface area contributed by atoms with Crippen LogP contribution < -0.4 is 9.47 Å². The van der Waals surface area contributed by atoms with Gasteiger partial charge >= 0.3 is 0 Å². The Balaban J connectivity index is 2.91. The highest BCUT2D eigenvalue weighted by Gasteiger charge is 2.12. The topological polar surface area (TPSA) is 62.5 Å². The van der Waals surface area contributed by atoms with E-state index in [1.54, 1.807) is 25.3 Å². The van der Waals surface area contributed by atoms with E-state index < -0.39 is 6.10 Å². The van der Waals surface area contributed by atoms with Gasteiger partial charge in [-0.1, -0.05) is 19.9 Å². The molecule has 0 aliphatic carbocycles. The number of aliphatic hydroxyl groups is 1. The van der Waals surface area contributed by atoms with Crippen LogP contribution in [0.25, 0.3) is 0 Å². The van der Waals surface area contributed by atoms with E-state index in [0.717, 1.165) is 0 Å². The summed E-state index contributed by atoms with van der Waals surface area (Å²) >= 11 is 0. The van der Waals surface area contributed by atoms with E-state index in [9.17, 15) is 5.11 Å². The molecule has 0 saturated carbocycles. The predicted molar refractivity (Wildman–Crippen MR) is 68.5 cm³/mol. The zero-order valence-corrected chi connectivity index (χ0v) is 11.0. The molecule has 4 heteroatoms. The van der Waals surface area contributed by atoms with Gasteiger partial charge in [0.1, 0.15) is 0 Å². The first-order valence-corrected chi connectivity index (χ1v) is 5.94. The number of rotatable bonds is 6. The minimum Gasteiger partial charge on any atom is -0.493 e. The van der Waals surface area contributed by atoms with Crippen molar-refractivity contribution < 1.29 is 14.6 Å². The maximum atomic E-state index is 9.77. The Kier molecular flexibility index (Phi) is 5.47. The van der Waals surface area contributed by atoms with Gasteiger partial charge < -0.3 is 14.6 Å². The Morgan fingerprint density at radius 3 is 2.61 bits per heavy atom. The summed E-state index contributed by atoms with van der Waals surface area (Å²) in [5, 5.41) is 18.3. The van der Waals surface area contributed by atoms with Gasteiger partial charge in [0, 0.05) is 0 Å². The molecule has 1 unspecified atom stereocenters. The van der Waals surface area contributed by atoms with Crippen molar-refractivity contribution in [3.05, 3.63) is 23.8 Å². The van der Waals surface area contributed by atoms with E-state index in [-0.39, 0.29) is 6.42 Å². The van der Waals surface area contributed by atoms with Gasteiger partial charge in [-0.25, -0.2) is 0 Å². The van der Waals surface area contributed by atoms with Crippen LogP contribution in [0.3, 0.4) is 0 Å². The molecule has 0 spiro atoms. The molecule has 0 bridgehead atoms.